The molecule has 0 saturated carbocycles. The Balaban J connectivity index is 0.000000379. The number of hydrogen-bond donors (Lipinski definition) is 4. The van der Waals surface area contributed by atoms with Crippen molar-refractivity contribution >= 4 is 10.4 Å². The van der Waals surface area contributed by atoms with E-state index in [1.165, 1.54) is 28.4 Å². The van der Waals surface area contributed by atoms with Gasteiger partial charge >= 0.3 is 16.1 Å². The summed E-state index contributed by atoms with van der Waals surface area (Å²) >= 11 is 0. The fraction of sp³-hybridized carbons (Fsp3) is 0.636. The summed E-state index contributed by atoms with van der Waals surface area (Å²) in [6.45, 7) is -0.283. The number of rotatable bonds is 3. The van der Waals surface area contributed by atoms with Crippen molar-refractivity contribution in [2.45, 2.75) is 24.9 Å². The number of aliphatic hydroxyl groups is 2. The molecule has 1 aliphatic rings. The molecule has 2 heterocycles. The highest BCUT2D eigenvalue weighted by Gasteiger charge is 2.34. The first-order valence-corrected chi connectivity index (χ1v) is 7.77. The molecular weight excluding hydrogens is 334 g/mol. The number of aliphatic hydroxyl groups excluding tert-OH is 2. The Morgan fingerprint density at radius 2 is 2.09 bits per heavy atom. The van der Waals surface area contributed by atoms with Crippen molar-refractivity contribution in [2.75, 3.05) is 13.7 Å². The largest absolute Gasteiger partial charge is 0.397 e. The molecule has 1 saturated heterocycles. The number of ether oxygens (including phenoxy) is 1. The Bertz CT molecular complexity index is 740. The molecule has 0 aliphatic carbocycles. The van der Waals surface area contributed by atoms with E-state index in [0.717, 1.165) is 7.11 Å². The van der Waals surface area contributed by atoms with E-state index < -0.39 is 28.8 Å². The standard InChI is InChI=1S/C10H15N3O4.CH4O4S/c1-12-8(11)2-3-13(10(12)16)9-4-6(15)7(5-14)17-9;1-5-6(2,3)4/h2-3,6-7,9,11,14-15H,4-5H2,1H3;1H3,(H,2,3,4)/t6-,7+,9+;/m0./s1. The van der Waals surface area contributed by atoms with Gasteiger partial charge in [-0.25, -0.2) is 4.79 Å². The maximum absolute atomic E-state index is 11.9. The topological polar surface area (TPSA) is 164 Å². The van der Waals surface area contributed by atoms with Crippen molar-refractivity contribution in [2.24, 2.45) is 7.05 Å². The van der Waals surface area contributed by atoms with Crippen LogP contribution in [0.5, 0.6) is 0 Å². The lowest BCUT2D eigenvalue weighted by Gasteiger charge is -2.15. The van der Waals surface area contributed by atoms with Crippen LogP contribution in [0.2, 0.25) is 0 Å². The van der Waals surface area contributed by atoms with Crippen molar-refractivity contribution in [3.63, 3.8) is 0 Å². The Kier molecular flexibility index (Phi) is 6.61. The van der Waals surface area contributed by atoms with E-state index >= 15 is 0 Å². The van der Waals surface area contributed by atoms with Gasteiger partial charge in [0.25, 0.3) is 0 Å². The number of nitrogens with one attached hydrogen (secondary N) is 1. The highest BCUT2D eigenvalue weighted by molar-refractivity contribution is 7.80. The minimum atomic E-state index is -4.16. The van der Waals surface area contributed by atoms with Gasteiger partial charge in [-0.2, -0.15) is 8.42 Å². The van der Waals surface area contributed by atoms with Crippen LogP contribution < -0.4 is 11.2 Å². The summed E-state index contributed by atoms with van der Waals surface area (Å²) in [5.74, 6) is 0. The smallest absolute Gasteiger partial charge is 0.394 e. The van der Waals surface area contributed by atoms with Gasteiger partial charge in [0.15, 0.2) is 0 Å². The first-order valence-electron chi connectivity index (χ1n) is 6.41. The van der Waals surface area contributed by atoms with Gasteiger partial charge in [0, 0.05) is 19.7 Å². The number of aromatic nitrogens is 2. The molecule has 0 spiro atoms. The fourth-order valence-corrected chi connectivity index (χ4v) is 1.87. The second kappa shape index (κ2) is 7.81. The molecule has 132 valence electrons. The van der Waals surface area contributed by atoms with Crippen LogP contribution in [0.25, 0.3) is 0 Å². The molecule has 0 radical (unpaired) electrons. The molecule has 23 heavy (non-hydrogen) atoms. The zero-order valence-corrected chi connectivity index (χ0v) is 13.3. The third kappa shape index (κ3) is 5.23. The normalized spacial score (nSPS) is 24.1. The van der Waals surface area contributed by atoms with E-state index in [1.807, 2.05) is 0 Å². The van der Waals surface area contributed by atoms with Gasteiger partial charge in [0.1, 0.15) is 17.8 Å². The van der Waals surface area contributed by atoms with E-state index in [0.29, 0.717) is 0 Å². The Morgan fingerprint density at radius 3 is 2.52 bits per heavy atom. The predicted octanol–water partition coefficient (Wildman–Crippen LogP) is -2.26. The molecule has 0 amide bonds. The minimum Gasteiger partial charge on any atom is -0.394 e. The van der Waals surface area contributed by atoms with Gasteiger partial charge in [-0.05, 0) is 6.07 Å². The summed E-state index contributed by atoms with van der Waals surface area (Å²) in [5.41, 5.74) is -0.281. The average Bonchev–Trinajstić information content (AvgIpc) is 2.85. The lowest BCUT2D eigenvalue weighted by molar-refractivity contribution is -0.0462. The van der Waals surface area contributed by atoms with Crippen molar-refractivity contribution in [3.05, 3.63) is 28.2 Å². The van der Waals surface area contributed by atoms with Gasteiger partial charge in [0.05, 0.1) is 19.8 Å². The molecule has 0 aromatic carbocycles. The molecule has 12 heteroatoms. The van der Waals surface area contributed by atoms with E-state index in [-0.39, 0.29) is 24.2 Å². The van der Waals surface area contributed by atoms with Gasteiger partial charge in [-0.1, -0.05) is 0 Å². The first kappa shape index (κ1) is 19.5. The summed E-state index contributed by atoms with van der Waals surface area (Å²) in [6.07, 6.45) is -0.322. The lowest BCUT2D eigenvalue weighted by atomic mass is 10.2. The van der Waals surface area contributed by atoms with Crippen LogP contribution in [0, 0.1) is 5.41 Å². The average molecular weight is 353 g/mol. The molecule has 11 nitrogen and oxygen atoms in total. The van der Waals surface area contributed by atoms with Crippen molar-refractivity contribution in [1.82, 2.24) is 9.13 Å². The Labute approximate surface area is 131 Å². The van der Waals surface area contributed by atoms with Crippen LogP contribution in [0.15, 0.2) is 17.1 Å². The van der Waals surface area contributed by atoms with Crippen LogP contribution in [0.4, 0.5) is 0 Å². The second-order valence-corrected chi connectivity index (χ2v) is 5.85. The lowest BCUT2D eigenvalue weighted by Crippen LogP contribution is -2.38. The van der Waals surface area contributed by atoms with E-state index in [9.17, 15) is 18.3 Å². The summed E-state index contributed by atoms with van der Waals surface area (Å²) in [7, 11) is -1.80. The van der Waals surface area contributed by atoms with Gasteiger partial charge in [-0.3, -0.25) is 23.3 Å². The maximum Gasteiger partial charge on any atom is 0.397 e. The molecule has 4 N–H and O–H groups in total. The summed E-state index contributed by atoms with van der Waals surface area (Å²) in [5, 5.41) is 26.0. The van der Waals surface area contributed by atoms with E-state index in [4.69, 9.17) is 19.8 Å². The van der Waals surface area contributed by atoms with Gasteiger partial charge in [-0.15, -0.1) is 0 Å². The van der Waals surface area contributed by atoms with Crippen LogP contribution in [0.3, 0.4) is 0 Å². The summed E-state index contributed by atoms with van der Waals surface area (Å²) in [4.78, 5) is 11.9. The van der Waals surface area contributed by atoms with E-state index in [1.54, 1.807) is 0 Å². The minimum absolute atomic E-state index is 0.100. The quantitative estimate of drug-likeness (QED) is 0.442. The third-order valence-electron chi connectivity index (χ3n) is 3.17. The van der Waals surface area contributed by atoms with Crippen LogP contribution in [-0.4, -0.2) is 58.2 Å². The number of hydrogen-bond acceptors (Lipinski definition) is 8. The first-order chi connectivity index (χ1) is 10.6. The molecule has 1 aromatic rings. The summed E-state index contributed by atoms with van der Waals surface area (Å²) in [6, 6.07) is 1.48. The molecule has 3 atom stereocenters. The van der Waals surface area contributed by atoms with Crippen molar-refractivity contribution < 1.29 is 32.1 Å². The fourth-order valence-electron chi connectivity index (χ4n) is 1.87. The zero-order chi connectivity index (χ0) is 17.8. The zero-order valence-electron chi connectivity index (χ0n) is 12.5. The van der Waals surface area contributed by atoms with Crippen LogP contribution in [0.1, 0.15) is 12.6 Å². The monoisotopic (exact) mass is 353 g/mol. The van der Waals surface area contributed by atoms with Crippen LogP contribution >= 0.6 is 0 Å². The predicted molar refractivity (Wildman–Crippen MR) is 75.7 cm³/mol. The van der Waals surface area contributed by atoms with Crippen molar-refractivity contribution in [1.29, 1.82) is 5.41 Å². The Hall–Kier alpha value is -1.57. The molecule has 1 fully saturated rings. The maximum atomic E-state index is 11.9. The Morgan fingerprint density at radius 1 is 1.52 bits per heavy atom. The SMILES string of the molecule is COS(=O)(=O)O.Cn1c(=N)ccn([C@H]2C[C@H](O)[C@@H](CO)O2)c1=O. The van der Waals surface area contributed by atoms with Gasteiger partial charge in [0.2, 0.25) is 0 Å². The third-order valence-corrected chi connectivity index (χ3v) is 3.59. The van der Waals surface area contributed by atoms with Crippen LogP contribution in [-0.2, 0) is 26.4 Å². The highest BCUT2D eigenvalue weighted by Crippen LogP contribution is 2.26. The number of nitrogens with zero attached hydrogens (tertiary/aromatic N) is 2. The van der Waals surface area contributed by atoms with E-state index in [2.05, 4.69) is 4.18 Å². The molecule has 1 aliphatic heterocycles. The highest BCUT2D eigenvalue weighted by atomic mass is 32.3. The summed E-state index contributed by atoms with van der Waals surface area (Å²) < 4.78 is 37.6. The van der Waals surface area contributed by atoms with Gasteiger partial charge < -0.3 is 14.9 Å². The molecule has 0 unspecified atom stereocenters. The van der Waals surface area contributed by atoms with Crippen molar-refractivity contribution in [3.8, 4) is 0 Å². The molecule has 2 rings (SSSR count). The molecular formula is C11H19N3O8S. The molecule has 0 bridgehead atoms. The molecule has 1 aromatic heterocycles. The second-order valence-electron chi connectivity index (χ2n) is 4.66.